The van der Waals surface area contributed by atoms with Gasteiger partial charge in [0.1, 0.15) is 5.00 Å². The van der Waals surface area contributed by atoms with Crippen LogP contribution in [0.15, 0.2) is 27.1 Å². The largest absolute Gasteiger partial charge is 0.369 e. The molecule has 0 saturated carbocycles. The minimum absolute atomic E-state index is 0.0215. The number of thiophene rings is 1. The number of hydrogen-bond acceptors (Lipinski definition) is 5. The van der Waals surface area contributed by atoms with Crippen LogP contribution in [0.5, 0.6) is 0 Å². The van der Waals surface area contributed by atoms with Gasteiger partial charge in [0, 0.05) is 0 Å². The molecule has 0 aliphatic carbocycles. The molecular weight excluding hydrogens is 242 g/mol. The van der Waals surface area contributed by atoms with E-state index in [9.17, 15) is 9.59 Å². The smallest absolute Gasteiger partial charge is 0.333 e. The van der Waals surface area contributed by atoms with Crippen LogP contribution in [0, 0.1) is 0 Å². The Labute approximate surface area is 97.6 Å². The summed E-state index contributed by atoms with van der Waals surface area (Å²) in [5, 5.41) is 2.51. The molecule has 3 aromatic heterocycles. The molecule has 0 radical (unpaired) electrons. The van der Waals surface area contributed by atoms with Crippen LogP contribution < -0.4 is 17.0 Å². The van der Waals surface area contributed by atoms with E-state index in [1.165, 1.54) is 15.9 Å². The number of fused-ring (bicyclic) bond motifs is 1. The topological polar surface area (TPSA) is 110 Å². The molecule has 7 nitrogen and oxygen atoms in total. The van der Waals surface area contributed by atoms with Gasteiger partial charge in [-0.05, 0) is 17.5 Å². The predicted octanol–water partition coefficient (Wildman–Crippen LogP) is 0.0458. The molecule has 0 unspecified atom stereocenters. The van der Waals surface area contributed by atoms with Gasteiger partial charge in [-0.25, -0.2) is 9.36 Å². The van der Waals surface area contributed by atoms with Crippen LogP contribution in [0.25, 0.3) is 16.2 Å². The average Bonchev–Trinajstić information content (AvgIpc) is 2.84. The number of nitrogens with zero attached hydrogens (tertiary/aromatic N) is 2. The summed E-state index contributed by atoms with van der Waals surface area (Å²) in [6.07, 6.45) is 0. The van der Waals surface area contributed by atoms with Crippen molar-refractivity contribution >= 4 is 28.4 Å². The Morgan fingerprint density at radius 3 is 2.88 bits per heavy atom. The van der Waals surface area contributed by atoms with Gasteiger partial charge in [0.25, 0.3) is 5.56 Å². The molecule has 0 amide bonds. The normalized spacial score (nSPS) is 11.1. The minimum Gasteiger partial charge on any atom is -0.369 e. The van der Waals surface area contributed by atoms with Crippen LogP contribution in [0.4, 0.5) is 5.95 Å². The van der Waals surface area contributed by atoms with Crippen molar-refractivity contribution in [2.75, 3.05) is 5.73 Å². The van der Waals surface area contributed by atoms with Crippen LogP contribution in [-0.2, 0) is 0 Å². The minimum atomic E-state index is -0.458. The van der Waals surface area contributed by atoms with Crippen molar-refractivity contribution in [3.8, 4) is 5.00 Å². The van der Waals surface area contributed by atoms with E-state index in [0.717, 1.165) is 0 Å². The number of rotatable bonds is 1. The Balaban J connectivity index is 2.51. The second kappa shape index (κ2) is 3.32. The zero-order chi connectivity index (χ0) is 12.0. The number of aromatic nitrogens is 4. The van der Waals surface area contributed by atoms with E-state index in [0.29, 0.717) is 5.00 Å². The van der Waals surface area contributed by atoms with Gasteiger partial charge in [-0.3, -0.25) is 14.8 Å². The van der Waals surface area contributed by atoms with Gasteiger partial charge in [-0.15, -0.1) is 11.3 Å². The van der Waals surface area contributed by atoms with Gasteiger partial charge in [0.2, 0.25) is 5.95 Å². The fourth-order valence-electron chi connectivity index (χ4n) is 1.61. The number of imidazole rings is 1. The number of nitrogens with one attached hydrogen (secondary N) is 2. The van der Waals surface area contributed by atoms with E-state index in [4.69, 9.17) is 5.73 Å². The van der Waals surface area contributed by atoms with E-state index in [1.807, 2.05) is 11.4 Å². The maximum Gasteiger partial charge on any atom is 0.333 e. The Hall–Kier alpha value is -2.35. The van der Waals surface area contributed by atoms with E-state index in [1.54, 1.807) is 6.07 Å². The first-order valence-corrected chi connectivity index (χ1v) is 5.59. The van der Waals surface area contributed by atoms with E-state index in [-0.39, 0.29) is 17.1 Å². The standard InChI is InChI=1S/C9H7N5O2S/c10-8-12-6-5(7(15)13-8)11-9(16)14(6)4-2-1-3-17-4/h1-3H,(H,11,16)(H3,10,12,13,15). The van der Waals surface area contributed by atoms with Crippen molar-refractivity contribution in [3.05, 3.63) is 38.4 Å². The quantitative estimate of drug-likeness (QED) is 0.565. The summed E-state index contributed by atoms with van der Waals surface area (Å²) in [6.45, 7) is 0. The lowest BCUT2D eigenvalue weighted by Gasteiger charge is -1.98. The highest BCUT2D eigenvalue weighted by Crippen LogP contribution is 2.16. The van der Waals surface area contributed by atoms with Crippen LogP contribution in [-0.4, -0.2) is 19.5 Å². The molecule has 8 heteroatoms. The molecule has 0 spiro atoms. The highest BCUT2D eigenvalue weighted by atomic mass is 32.1. The third-order valence-corrected chi connectivity index (χ3v) is 3.15. The van der Waals surface area contributed by atoms with Gasteiger partial charge in [0.05, 0.1) is 0 Å². The van der Waals surface area contributed by atoms with Crippen LogP contribution in [0.2, 0.25) is 0 Å². The summed E-state index contributed by atoms with van der Waals surface area (Å²) < 4.78 is 1.32. The fraction of sp³-hybridized carbons (Fsp3) is 0. The van der Waals surface area contributed by atoms with Crippen LogP contribution in [0.1, 0.15) is 0 Å². The first kappa shape index (κ1) is 9.85. The summed E-state index contributed by atoms with van der Waals surface area (Å²) in [4.78, 5) is 32.1. The maximum absolute atomic E-state index is 11.8. The van der Waals surface area contributed by atoms with Crippen molar-refractivity contribution in [2.45, 2.75) is 0 Å². The Morgan fingerprint density at radius 1 is 1.35 bits per heavy atom. The molecule has 0 saturated heterocycles. The summed E-state index contributed by atoms with van der Waals surface area (Å²) in [7, 11) is 0. The zero-order valence-corrected chi connectivity index (χ0v) is 9.25. The van der Waals surface area contributed by atoms with Gasteiger partial charge in [0.15, 0.2) is 11.2 Å². The van der Waals surface area contributed by atoms with Crippen molar-refractivity contribution < 1.29 is 0 Å². The van der Waals surface area contributed by atoms with Gasteiger partial charge < -0.3 is 5.73 Å². The van der Waals surface area contributed by atoms with Crippen LogP contribution >= 0.6 is 11.3 Å². The van der Waals surface area contributed by atoms with E-state index in [2.05, 4.69) is 15.0 Å². The lowest BCUT2D eigenvalue weighted by Crippen LogP contribution is -2.14. The molecule has 0 aliphatic heterocycles. The molecule has 0 aromatic carbocycles. The predicted molar refractivity (Wildman–Crippen MR) is 64.6 cm³/mol. The molecule has 3 heterocycles. The molecule has 0 atom stereocenters. The number of nitrogens with two attached hydrogens (primary N) is 1. The molecule has 4 N–H and O–H groups in total. The summed E-state index contributed by atoms with van der Waals surface area (Å²) in [5.41, 5.74) is 4.95. The molecule has 17 heavy (non-hydrogen) atoms. The molecule has 3 aromatic rings. The maximum atomic E-state index is 11.8. The number of H-pyrrole nitrogens is 2. The van der Waals surface area contributed by atoms with Gasteiger partial charge >= 0.3 is 5.69 Å². The van der Waals surface area contributed by atoms with Gasteiger partial charge in [-0.2, -0.15) is 4.98 Å². The highest BCUT2D eigenvalue weighted by Gasteiger charge is 2.13. The van der Waals surface area contributed by atoms with Crippen molar-refractivity contribution in [1.82, 2.24) is 19.5 Å². The second-order valence-corrected chi connectivity index (χ2v) is 4.29. The van der Waals surface area contributed by atoms with E-state index < -0.39 is 11.2 Å². The molecular formula is C9H7N5O2S. The monoisotopic (exact) mass is 249 g/mol. The number of hydrogen-bond donors (Lipinski definition) is 3. The second-order valence-electron chi connectivity index (χ2n) is 3.37. The number of anilines is 1. The first-order valence-electron chi connectivity index (χ1n) is 4.71. The Kier molecular flexibility index (Phi) is 1.92. The molecule has 0 aliphatic rings. The lowest BCUT2D eigenvalue weighted by atomic mass is 10.5. The van der Waals surface area contributed by atoms with Crippen LogP contribution in [0.3, 0.4) is 0 Å². The summed E-state index contributed by atoms with van der Waals surface area (Å²) in [5.74, 6) is -0.0215. The molecule has 86 valence electrons. The average molecular weight is 249 g/mol. The van der Waals surface area contributed by atoms with Crippen molar-refractivity contribution in [1.29, 1.82) is 0 Å². The molecule has 0 bridgehead atoms. The zero-order valence-electron chi connectivity index (χ0n) is 8.43. The Bertz CT molecular complexity index is 795. The first-order chi connectivity index (χ1) is 8.16. The molecule has 0 fully saturated rings. The molecule has 3 rings (SSSR count). The summed E-state index contributed by atoms with van der Waals surface area (Å²) in [6, 6.07) is 3.57. The number of nitrogen functional groups attached to an aromatic ring is 1. The SMILES string of the molecule is Nc1nc2c([nH]c(=O)n2-c2cccs2)c(=O)[nH]1. The van der Waals surface area contributed by atoms with Crippen molar-refractivity contribution in [3.63, 3.8) is 0 Å². The fourth-order valence-corrected chi connectivity index (χ4v) is 2.34. The van der Waals surface area contributed by atoms with E-state index >= 15 is 0 Å². The third kappa shape index (κ3) is 1.38. The van der Waals surface area contributed by atoms with Gasteiger partial charge in [-0.1, -0.05) is 0 Å². The van der Waals surface area contributed by atoms with Crippen molar-refractivity contribution in [2.24, 2.45) is 0 Å². The highest BCUT2D eigenvalue weighted by molar-refractivity contribution is 7.12. The third-order valence-electron chi connectivity index (χ3n) is 2.29. The number of aromatic amines is 2. The lowest BCUT2D eigenvalue weighted by molar-refractivity contribution is 1.02. The summed E-state index contributed by atoms with van der Waals surface area (Å²) >= 11 is 1.37. The Morgan fingerprint density at radius 2 is 2.18 bits per heavy atom.